The number of aliphatic imine (C=N–C) groups is 1. The van der Waals surface area contributed by atoms with Crippen LogP contribution in [-0.4, -0.2) is 30.6 Å². The molecule has 4 N–H and O–H groups in total. The van der Waals surface area contributed by atoms with Gasteiger partial charge >= 0.3 is 6.36 Å². The molecular weight excluding hydrogens is 378 g/mol. The second-order valence-electron chi connectivity index (χ2n) is 3.16. The van der Waals surface area contributed by atoms with E-state index in [2.05, 4.69) is 15.0 Å². The maximum atomic E-state index is 12.1. The average Bonchev–Trinajstić information content (AvgIpc) is 2.27. The number of para-hydroxylation sites is 2. The molecule has 5 nitrogen and oxygen atoms in total. The summed E-state index contributed by atoms with van der Waals surface area (Å²) in [5.74, 6) is -0.519. The molecule has 19 heavy (non-hydrogen) atoms. The summed E-state index contributed by atoms with van der Waals surface area (Å²) in [5, 5.41) is 11.0. The fraction of sp³-hybridized carbons (Fsp3) is 0.300. The van der Waals surface area contributed by atoms with Gasteiger partial charge in [0.1, 0.15) is 0 Å². The highest BCUT2D eigenvalue weighted by Gasteiger charge is 2.32. The number of nitrogens with zero attached hydrogens (tertiary/aromatic N) is 1. The van der Waals surface area contributed by atoms with Gasteiger partial charge in [-0.05, 0) is 12.1 Å². The van der Waals surface area contributed by atoms with Gasteiger partial charge in [0.05, 0.1) is 18.8 Å². The summed E-state index contributed by atoms with van der Waals surface area (Å²) in [4.78, 5) is 3.67. The first-order valence-electron chi connectivity index (χ1n) is 4.95. The Balaban J connectivity index is 0.00000324. The molecule has 0 radical (unpaired) electrons. The second-order valence-corrected chi connectivity index (χ2v) is 3.16. The maximum absolute atomic E-state index is 12.1. The number of guanidine groups is 1. The standard InChI is InChI=1S/C10H12F3N3O2.HI/c11-10(12,13)18-8-4-2-1-3-7(8)16-9(14)15-5-6-17;/h1-4,17H,5-6H2,(H3,14,15,16);1H. The zero-order chi connectivity index (χ0) is 13.6. The van der Waals surface area contributed by atoms with Gasteiger partial charge in [-0.15, -0.1) is 37.1 Å². The Bertz CT molecular complexity index is 427. The molecule has 1 aromatic carbocycles. The smallest absolute Gasteiger partial charge is 0.404 e. The van der Waals surface area contributed by atoms with Gasteiger partial charge in [0, 0.05) is 0 Å². The summed E-state index contributed by atoms with van der Waals surface area (Å²) in [6.07, 6.45) is -4.78. The van der Waals surface area contributed by atoms with Crippen molar-refractivity contribution >= 4 is 35.6 Å². The number of rotatable bonds is 4. The first-order valence-corrected chi connectivity index (χ1v) is 4.95. The lowest BCUT2D eigenvalue weighted by Gasteiger charge is -2.13. The Morgan fingerprint density at radius 1 is 1.37 bits per heavy atom. The fourth-order valence-electron chi connectivity index (χ4n) is 1.13. The molecule has 0 unspecified atom stereocenters. The Hall–Kier alpha value is -1.23. The summed E-state index contributed by atoms with van der Waals surface area (Å²) >= 11 is 0. The molecule has 0 atom stereocenters. The van der Waals surface area contributed by atoms with Crippen LogP contribution in [0.2, 0.25) is 0 Å². The minimum absolute atomic E-state index is 0. The van der Waals surface area contributed by atoms with Crippen molar-refractivity contribution in [3.05, 3.63) is 24.3 Å². The van der Waals surface area contributed by atoms with Crippen molar-refractivity contribution in [3.63, 3.8) is 0 Å². The van der Waals surface area contributed by atoms with Crippen molar-refractivity contribution in [2.75, 3.05) is 18.5 Å². The Labute approximate surface area is 124 Å². The zero-order valence-corrected chi connectivity index (χ0v) is 12.0. The number of nitrogens with two attached hydrogens (primary N) is 1. The molecule has 0 fully saturated rings. The molecule has 9 heteroatoms. The average molecular weight is 391 g/mol. The highest BCUT2D eigenvalue weighted by Crippen LogP contribution is 2.29. The van der Waals surface area contributed by atoms with Crippen molar-refractivity contribution < 1.29 is 23.0 Å². The molecule has 0 bridgehead atoms. The third-order valence-corrected chi connectivity index (χ3v) is 1.76. The van der Waals surface area contributed by atoms with Gasteiger partial charge in [-0.1, -0.05) is 12.1 Å². The number of aliphatic hydroxyl groups excluding tert-OH is 1. The van der Waals surface area contributed by atoms with Crippen molar-refractivity contribution in [1.82, 2.24) is 0 Å². The number of alkyl halides is 3. The number of hydrogen-bond donors (Lipinski definition) is 3. The lowest BCUT2D eigenvalue weighted by atomic mass is 10.3. The summed E-state index contributed by atoms with van der Waals surface area (Å²) in [5.41, 5.74) is 5.45. The highest BCUT2D eigenvalue weighted by atomic mass is 127. The van der Waals surface area contributed by atoms with Crippen molar-refractivity contribution in [2.45, 2.75) is 6.36 Å². The van der Waals surface area contributed by atoms with E-state index in [1.165, 1.54) is 18.2 Å². The van der Waals surface area contributed by atoms with Gasteiger partial charge < -0.3 is 20.9 Å². The number of aliphatic hydroxyl groups is 1. The van der Waals surface area contributed by atoms with E-state index in [0.29, 0.717) is 0 Å². The SMILES string of the molecule is I.NC(=NCCO)Nc1ccccc1OC(F)(F)F. The van der Waals surface area contributed by atoms with Crippen molar-refractivity contribution in [1.29, 1.82) is 0 Å². The van der Waals surface area contributed by atoms with Crippen LogP contribution >= 0.6 is 24.0 Å². The van der Waals surface area contributed by atoms with E-state index in [0.717, 1.165) is 6.07 Å². The second kappa shape index (κ2) is 8.04. The van der Waals surface area contributed by atoms with E-state index < -0.39 is 12.1 Å². The molecule has 0 saturated heterocycles. The predicted octanol–water partition coefficient (Wildman–Crippen LogP) is 1.92. The van der Waals surface area contributed by atoms with Crippen LogP contribution in [0, 0.1) is 0 Å². The first kappa shape index (κ1) is 17.8. The minimum Gasteiger partial charge on any atom is -0.404 e. The highest BCUT2D eigenvalue weighted by molar-refractivity contribution is 14.0. The molecule has 1 aromatic rings. The van der Waals surface area contributed by atoms with Crippen LogP contribution in [0.25, 0.3) is 0 Å². The lowest BCUT2D eigenvalue weighted by Crippen LogP contribution is -2.25. The summed E-state index contributed by atoms with van der Waals surface area (Å²) in [6.45, 7) is -0.149. The monoisotopic (exact) mass is 391 g/mol. The van der Waals surface area contributed by atoms with E-state index in [1.54, 1.807) is 0 Å². The molecule has 0 aromatic heterocycles. The summed E-state index contributed by atoms with van der Waals surface area (Å²) < 4.78 is 40.2. The van der Waals surface area contributed by atoms with Crippen LogP contribution in [-0.2, 0) is 0 Å². The van der Waals surface area contributed by atoms with Gasteiger partial charge in [-0.25, -0.2) is 0 Å². The number of halogens is 4. The van der Waals surface area contributed by atoms with Gasteiger partial charge in [0.25, 0.3) is 0 Å². The Morgan fingerprint density at radius 2 is 2.00 bits per heavy atom. The van der Waals surface area contributed by atoms with Crippen LogP contribution in [0.5, 0.6) is 5.75 Å². The predicted molar refractivity (Wildman–Crippen MR) is 75.7 cm³/mol. The molecule has 0 amide bonds. The van der Waals surface area contributed by atoms with Crippen LogP contribution < -0.4 is 15.8 Å². The molecular formula is C10H13F3IN3O2. The number of anilines is 1. The molecule has 0 spiro atoms. The van der Waals surface area contributed by atoms with E-state index in [9.17, 15) is 13.2 Å². The maximum Gasteiger partial charge on any atom is 0.573 e. The van der Waals surface area contributed by atoms with Gasteiger partial charge in [-0.2, -0.15) is 0 Å². The van der Waals surface area contributed by atoms with Gasteiger partial charge in [0.2, 0.25) is 0 Å². The largest absolute Gasteiger partial charge is 0.573 e. The third-order valence-electron chi connectivity index (χ3n) is 1.76. The molecule has 1 rings (SSSR count). The van der Waals surface area contributed by atoms with E-state index in [4.69, 9.17) is 10.8 Å². The van der Waals surface area contributed by atoms with Gasteiger partial charge in [-0.3, -0.25) is 4.99 Å². The Kier molecular flexibility index (Phi) is 7.52. The molecule has 0 aliphatic rings. The molecule has 0 saturated carbocycles. The lowest BCUT2D eigenvalue weighted by molar-refractivity contribution is -0.274. The van der Waals surface area contributed by atoms with Gasteiger partial charge in [0.15, 0.2) is 11.7 Å². The Morgan fingerprint density at radius 3 is 2.58 bits per heavy atom. The summed E-state index contributed by atoms with van der Waals surface area (Å²) in [6, 6.07) is 5.43. The van der Waals surface area contributed by atoms with Crippen LogP contribution in [0.3, 0.4) is 0 Å². The number of nitrogens with one attached hydrogen (secondary N) is 1. The normalized spacial score (nSPS) is 11.7. The number of benzene rings is 1. The van der Waals surface area contributed by atoms with Crippen LogP contribution in [0.1, 0.15) is 0 Å². The zero-order valence-electron chi connectivity index (χ0n) is 9.65. The molecule has 0 aliphatic heterocycles. The topological polar surface area (TPSA) is 79.9 Å². The van der Waals surface area contributed by atoms with E-state index >= 15 is 0 Å². The van der Waals surface area contributed by atoms with Crippen molar-refractivity contribution in [2.24, 2.45) is 10.7 Å². The minimum atomic E-state index is -4.78. The number of ether oxygens (including phenoxy) is 1. The summed E-state index contributed by atoms with van der Waals surface area (Å²) in [7, 11) is 0. The van der Waals surface area contributed by atoms with E-state index in [1.807, 2.05) is 0 Å². The molecule has 0 heterocycles. The quantitative estimate of drug-likeness (QED) is 0.417. The first-order chi connectivity index (χ1) is 8.42. The van der Waals surface area contributed by atoms with Crippen molar-refractivity contribution in [3.8, 4) is 5.75 Å². The molecule has 108 valence electrons. The van der Waals surface area contributed by atoms with Crippen LogP contribution in [0.15, 0.2) is 29.3 Å². The third kappa shape index (κ3) is 7.06. The van der Waals surface area contributed by atoms with Crippen LogP contribution in [0.4, 0.5) is 18.9 Å². The van der Waals surface area contributed by atoms with E-state index in [-0.39, 0.29) is 48.8 Å². The fourth-order valence-corrected chi connectivity index (χ4v) is 1.13. The number of hydrogen-bond acceptors (Lipinski definition) is 3. The molecule has 0 aliphatic carbocycles.